The Morgan fingerprint density at radius 1 is 1.21 bits per heavy atom. The van der Waals surface area contributed by atoms with Crippen molar-refractivity contribution in [2.24, 2.45) is 21.7 Å². The number of hydrogen-bond donors (Lipinski definition) is 2. The number of nitrogens with two attached hydrogens (primary N) is 2. The minimum absolute atomic E-state index is 0.0720. The second-order valence-corrected chi connectivity index (χ2v) is 6.64. The molecule has 0 aliphatic heterocycles. The summed E-state index contributed by atoms with van der Waals surface area (Å²) in [5.41, 5.74) is 15.8. The summed E-state index contributed by atoms with van der Waals surface area (Å²) in [6.45, 7) is 2.03. The fourth-order valence-corrected chi connectivity index (χ4v) is 3.63. The first-order chi connectivity index (χ1) is 11.5. The summed E-state index contributed by atoms with van der Waals surface area (Å²) in [5.74, 6) is 0.0711. The van der Waals surface area contributed by atoms with Crippen molar-refractivity contribution >= 4 is 34.9 Å². The van der Waals surface area contributed by atoms with Crippen molar-refractivity contribution in [2.45, 2.75) is 25.7 Å². The highest BCUT2D eigenvalue weighted by atomic mass is 35.5. The molecule has 0 bridgehead atoms. The van der Waals surface area contributed by atoms with Crippen molar-refractivity contribution in [3.63, 3.8) is 0 Å². The summed E-state index contributed by atoms with van der Waals surface area (Å²) in [7, 11) is 0. The second-order valence-electron chi connectivity index (χ2n) is 5.79. The van der Waals surface area contributed by atoms with Gasteiger partial charge in [-0.15, -0.1) is 5.10 Å². The highest BCUT2D eigenvalue weighted by Crippen LogP contribution is 2.37. The molecule has 1 aliphatic rings. The van der Waals surface area contributed by atoms with Crippen LogP contribution in [-0.4, -0.2) is 16.7 Å². The van der Waals surface area contributed by atoms with Gasteiger partial charge < -0.3 is 11.5 Å². The maximum absolute atomic E-state index is 6.38. The van der Waals surface area contributed by atoms with E-state index >= 15 is 0 Å². The SMILES string of the molecule is Cc1ccnc2c1/C(=N/N=C(N)N)CC(c1ccc(Cl)cc1Cl)C2. The molecule has 1 aliphatic carbocycles. The quantitative estimate of drug-likeness (QED) is 0.487. The molecule has 0 radical (unpaired) electrons. The summed E-state index contributed by atoms with van der Waals surface area (Å²) in [6.07, 6.45) is 3.26. The Balaban J connectivity index is 2.08. The molecule has 0 saturated carbocycles. The molecule has 4 N–H and O–H groups in total. The highest BCUT2D eigenvalue weighted by molar-refractivity contribution is 6.35. The Kier molecular flexibility index (Phi) is 4.73. The molecular formula is C17H17Cl2N5. The van der Waals surface area contributed by atoms with Crippen LogP contribution in [0.3, 0.4) is 0 Å². The number of nitrogens with zero attached hydrogens (tertiary/aromatic N) is 3. The lowest BCUT2D eigenvalue weighted by atomic mass is 9.80. The zero-order valence-corrected chi connectivity index (χ0v) is 14.6. The Morgan fingerprint density at radius 2 is 2.00 bits per heavy atom. The summed E-state index contributed by atoms with van der Waals surface area (Å²) in [4.78, 5) is 4.52. The minimum atomic E-state index is -0.0720. The van der Waals surface area contributed by atoms with Crippen molar-refractivity contribution in [3.8, 4) is 0 Å². The number of hydrogen-bond acceptors (Lipinski definition) is 3. The Morgan fingerprint density at radius 3 is 2.71 bits per heavy atom. The standard InChI is InChI=1S/C17H17Cl2N5/c1-9-4-5-22-14-6-10(12-3-2-11(18)8-13(12)19)7-15(16(9)14)23-24-17(20)21/h2-5,8,10H,6-7H2,1H3,(H4,20,21,24)/b23-15+. The van der Waals surface area contributed by atoms with Gasteiger partial charge in [0, 0.05) is 21.8 Å². The fraction of sp³-hybridized carbons (Fsp3) is 0.235. The van der Waals surface area contributed by atoms with Gasteiger partial charge in [0.1, 0.15) is 0 Å². The molecule has 1 aromatic heterocycles. The number of pyridine rings is 1. The Labute approximate surface area is 150 Å². The molecule has 5 nitrogen and oxygen atoms in total. The zero-order valence-electron chi connectivity index (χ0n) is 13.1. The van der Waals surface area contributed by atoms with E-state index in [0.717, 1.165) is 34.5 Å². The molecule has 1 aromatic carbocycles. The summed E-state index contributed by atoms with van der Waals surface area (Å²) < 4.78 is 0. The third-order valence-corrected chi connectivity index (χ3v) is 4.66. The van der Waals surface area contributed by atoms with Gasteiger partial charge in [0.05, 0.1) is 11.4 Å². The molecule has 2 aromatic rings. The van der Waals surface area contributed by atoms with Crippen molar-refractivity contribution in [1.82, 2.24) is 4.98 Å². The molecule has 24 heavy (non-hydrogen) atoms. The van der Waals surface area contributed by atoms with Crippen molar-refractivity contribution in [1.29, 1.82) is 0 Å². The molecule has 0 amide bonds. The predicted molar refractivity (Wildman–Crippen MR) is 98.8 cm³/mol. The Bertz CT molecular complexity index is 841. The molecule has 1 unspecified atom stereocenters. The van der Waals surface area contributed by atoms with E-state index < -0.39 is 0 Å². The van der Waals surface area contributed by atoms with Crippen LogP contribution in [0.15, 0.2) is 40.7 Å². The second kappa shape index (κ2) is 6.79. The number of rotatable bonds is 2. The van der Waals surface area contributed by atoms with Gasteiger partial charge in [-0.1, -0.05) is 29.3 Å². The molecule has 0 fully saturated rings. The number of aromatic nitrogens is 1. The smallest absolute Gasteiger partial charge is 0.211 e. The van der Waals surface area contributed by atoms with Crippen LogP contribution in [0.1, 0.15) is 34.7 Å². The lowest BCUT2D eigenvalue weighted by molar-refractivity contribution is 0.677. The van der Waals surface area contributed by atoms with Gasteiger partial charge in [0.15, 0.2) is 0 Å². The lowest BCUT2D eigenvalue weighted by Gasteiger charge is -2.27. The maximum atomic E-state index is 6.38. The minimum Gasteiger partial charge on any atom is -0.369 e. The van der Waals surface area contributed by atoms with Gasteiger partial charge in [-0.2, -0.15) is 5.10 Å². The number of guanidine groups is 1. The van der Waals surface area contributed by atoms with Gasteiger partial charge >= 0.3 is 0 Å². The first-order valence-electron chi connectivity index (χ1n) is 7.51. The van der Waals surface area contributed by atoms with Crippen LogP contribution in [0.2, 0.25) is 10.0 Å². The summed E-state index contributed by atoms with van der Waals surface area (Å²) in [6, 6.07) is 7.51. The first kappa shape index (κ1) is 16.7. The van der Waals surface area contributed by atoms with E-state index in [1.807, 2.05) is 25.1 Å². The van der Waals surface area contributed by atoms with Crippen LogP contribution in [-0.2, 0) is 6.42 Å². The van der Waals surface area contributed by atoms with Gasteiger partial charge in [0.2, 0.25) is 5.96 Å². The number of fused-ring (bicyclic) bond motifs is 1. The molecule has 0 saturated heterocycles. The summed E-state index contributed by atoms with van der Waals surface area (Å²) in [5, 5.41) is 9.34. The van der Waals surface area contributed by atoms with Gasteiger partial charge in [0.25, 0.3) is 0 Å². The zero-order chi connectivity index (χ0) is 17.3. The van der Waals surface area contributed by atoms with E-state index in [2.05, 4.69) is 15.2 Å². The molecule has 124 valence electrons. The average molecular weight is 362 g/mol. The molecule has 1 atom stereocenters. The number of aryl methyl sites for hydroxylation is 1. The third kappa shape index (κ3) is 3.37. The average Bonchev–Trinajstić information content (AvgIpc) is 2.52. The van der Waals surface area contributed by atoms with Crippen LogP contribution in [0.5, 0.6) is 0 Å². The molecule has 3 rings (SSSR count). The van der Waals surface area contributed by atoms with Gasteiger partial charge in [-0.25, -0.2) is 0 Å². The van der Waals surface area contributed by atoms with Crippen LogP contribution >= 0.6 is 23.2 Å². The maximum Gasteiger partial charge on any atom is 0.211 e. The van der Waals surface area contributed by atoms with E-state index in [0.29, 0.717) is 16.5 Å². The van der Waals surface area contributed by atoms with E-state index in [4.69, 9.17) is 34.7 Å². The monoisotopic (exact) mass is 361 g/mol. The topological polar surface area (TPSA) is 89.6 Å². The van der Waals surface area contributed by atoms with E-state index in [1.54, 1.807) is 12.3 Å². The van der Waals surface area contributed by atoms with Crippen LogP contribution in [0.4, 0.5) is 0 Å². The van der Waals surface area contributed by atoms with Gasteiger partial charge in [-0.05, 0) is 55.0 Å². The molecule has 7 heteroatoms. The van der Waals surface area contributed by atoms with Crippen molar-refractivity contribution in [2.75, 3.05) is 0 Å². The van der Waals surface area contributed by atoms with Crippen LogP contribution in [0.25, 0.3) is 0 Å². The number of benzene rings is 1. The highest BCUT2D eigenvalue weighted by Gasteiger charge is 2.28. The normalized spacial score (nSPS) is 18.3. The van der Waals surface area contributed by atoms with E-state index in [-0.39, 0.29) is 11.9 Å². The van der Waals surface area contributed by atoms with Gasteiger partial charge in [-0.3, -0.25) is 4.98 Å². The van der Waals surface area contributed by atoms with E-state index in [9.17, 15) is 0 Å². The van der Waals surface area contributed by atoms with Crippen LogP contribution < -0.4 is 11.5 Å². The predicted octanol–water partition coefficient (Wildman–Crippen LogP) is 3.40. The fourth-order valence-electron chi connectivity index (χ4n) is 3.07. The third-order valence-electron chi connectivity index (χ3n) is 4.09. The van der Waals surface area contributed by atoms with Crippen molar-refractivity contribution < 1.29 is 0 Å². The number of halogens is 2. The lowest BCUT2D eigenvalue weighted by Crippen LogP contribution is -2.24. The molecule has 0 spiro atoms. The molecular weight excluding hydrogens is 345 g/mol. The Hall–Kier alpha value is -2.11. The van der Waals surface area contributed by atoms with Crippen molar-refractivity contribution in [3.05, 3.63) is 62.9 Å². The first-order valence-corrected chi connectivity index (χ1v) is 8.26. The van der Waals surface area contributed by atoms with Crippen LogP contribution in [0, 0.1) is 6.92 Å². The largest absolute Gasteiger partial charge is 0.369 e. The summed E-state index contributed by atoms with van der Waals surface area (Å²) >= 11 is 12.4. The van der Waals surface area contributed by atoms with E-state index in [1.165, 1.54) is 0 Å². The molecule has 1 heterocycles.